The van der Waals surface area contributed by atoms with E-state index in [1.54, 1.807) is 6.07 Å². The van der Waals surface area contributed by atoms with Gasteiger partial charge in [0.2, 0.25) is 5.91 Å². The number of anilines is 1. The molecule has 6 heteroatoms. The van der Waals surface area contributed by atoms with Crippen molar-refractivity contribution in [1.82, 2.24) is 0 Å². The number of hydrogen-bond acceptors (Lipinski definition) is 3. The van der Waals surface area contributed by atoms with Gasteiger partial charge in [0.25, 0.3) is 0 Å². The van der Waals surface area contributed by atoms with Crippen molar-refractivity contribution in [3.8, 4) is 11.1 Å². The van der Waals surface area contributed by atoms with Crippen LogP contribution in [-0.2, 0) is 4.79 Å². The zero-order valence-electron chi connectivity index (χ0n) is 15.4. The van der Waals surface area contributed by atoms with Gasteiger partial charge in [0, 0.05) is 22.8 Å². The van der Waals surface area contributed by atoms with Crippen molar-refractivity contribution < 1.29 is 19.1 Å². The quantitative estimate of drug-likeness (QED) is 0.629. The van der Waals surface area contributed by atoms with Crippen molar-refractivity contribution in [3.63, 3.8) is 0 Å². The molecule has 1 aliphatic heterocycles. The number of aryl methyl sites for hydroxylation is 2. The fourth-order valence-corrected chi connectivity index (χ4v) is 4.98. The van der Waals surface area contributed by atoms with Crippen LogP contribution in [0.15, 0.2) is 42.5 Å². The van der Waals surface area contributed by atoms with Gasteiger partial charge in [-0.05, 0) is 42.7 Å². The van der Waals surface area contributed by atoms with E-state index in [2.05, 4.69) is 5.32 Å². The number of benzene rings is 2. The lowest BCUT2D eigenvalue weighted by Crippen LogP contribution is -2.23. The van der Waals surface area contributed by atoms with Gasteiger partial charge in [-0.3, -0.25) is 4.79 Å². The minimum Gasteiger partial charge on any atom is -0.477 e. The normalized spacial score (nSPS) is 15.8. The Kier molecular flexibility index (Phi) is 4.51. The molecule has 4 rings (SSSR count). The molecule has 0 fully saturated rings. The lowest BCUT2D eigenvalue weighted by atomic mass is 9.85. The minimum atomic E-state index is -1.09. The number of carbonyl (C=O) groups excluding carboxylic acids is 1. The molecule has 1 aromatic heterocycles. The lowest BCUT2D eigenvalue weighted by Gasteiger charge is -2.25. The van der Waals surface area contributed by atoms with E-state index in [1.807, 2.05) is 32.0 Å². The number of fused-ring (bicyclic) bond motifs is 1. The molecule has 4 nitrogen and oxygen atoms in total. The van der Waals surface area contributed by atoms with Crippen LogP contribution in [0.3, 0.4) is 0 Å². The number of carboxylic acid groups (broad SMARTS) is 1. The number of hydrogen-bond donors (Lipinski definition) is 2. The Morgan fingerprint density at radius 3 is 2.71 bits per heavy atom. The first kappa shape index (κ1) is 18.4. The molecule has 3 aromatic rings. The summed E-state index contributed by atoms with van der Waals surface area (Å²) in [5.74, 6) is -1.95. The minimum absolute atomic E-state index is 0.105. The van der Waals surface area contributed by atoms with E-state index < -0.39 is 11.8 Å². The molecule has 2 heterocycles. The number of carbonyl (C=O) groups is 2. The Hall–Kier alpha value is -2.99. The molecule has 0 saturated heterocycles. The van der Waals surface area contributed by atoms with Crippen molar-refractivity contribution >= 4 is 28.9 Å². The second-order valence-corrected chi connectivity index (χ2v) is 8.08. The van der Waals surface area contributed by atoms with Gasteiger partial charge >= 0.3 is 5.97 Å². The van der Waals surface area contributed by atoms with Crippen molar-refractivity contribution in [1.29, 1.82) is 0 Å². The predicted molar refractivity (Wildman–Crippen MR) is 108 cm³/mol. The number of amides is 1. The van der Waals surface area contributed by atoms with E-state index in [9.17, 15) is 19.1 Å². The average Bonchev–Trinajstić information content (AvgIpc) is 3.02. The molecule has 0 bridgehead atoms. The first-order chi connectivity index (χ1) is 13.3. The summed E-state index contributed by atoms with van der Waals surface area (Å²) in [6.45, 7) is 3.97. The number of rotatable bonds is 3. The van der Waals surface area contributed by atoms with E-state index in [1.165, 1.54) is 18.2 Å². The van der Waals surface area contributed by atoms with Crippen LogP contribution >= 0.6 is 11.3 Å². The van der Waals surface area contributed by atoms with Crippen LogP contribution in [0.2, 0.25) is 0 Å². The van der Waals surface area contributed by atoms with Gasteiger partial charge in [0.15, 0.2) is 0 Å². The third-order valence-corrected chi connectivity index (χ3v) is 6.32. The average molecular weight is 395 g/mol. The largest absolute Gasteiger partial charge is 0.477 e. The Morgan fingerprint density at radius 2 is 2.00 bits per heavy atom. The van der Waals surface area contributed by atoms with Gasteiger partial charge < -0.3 is 10.4 Å². The van der Waals surface area contributed by atoms with Crippen molar-refractivity contribution in [3.05, 3.63) is 74.7 Å². The van der Waals surface area contributed by atoms with Gasteiger partial charge in [-0.25, -0.2) is 9.18 Å². The van der Waals surface area contributed by atoms with E-state index >= 15 is 0 Å². The number of carboxylic acids is 1. The molecule has 1 amide bonds. The molecule has 2 aromatic carbocycles. The van der Waals surface area contributed by atoms with Crippen molar-refractivity contribution in [2.24, 2.45) is 0 Å². The van der Waals surface area contributed by atoms with Crippen molar-refractivity contribution in [2.75, 3.05) is 5.32 Å². The molecule has 0 unspecified atom stereocenters. The summed E-state index contributed by atoms with van der Waals surface area (Å²) < 4.78 is 13.8. The third kappa shape index (κ3) is 3.10. The van der Waals surface area contributed by atoms with Crippen LogP contribution in [0.1, 0.15) is 43.6 Å². The zero-order valence-corrected chi connectivity index (χ0v) is 16.2. The predicted octanol–water partition coefficient (Wildman–Crippen LogP) is 5.34. The Morgan fingerprint density at radius 1 is 1.21 bits per heavy atom. The van der Waals surface area contributed by atoms with E-state index in [4.69, 9.17) is 0 Å². The van der Waals surface area contributed by atoms with Crippen LogP contribution in [0.4, 0.5) is 10.1 Å². The smallest absolute Gasteiger partial charge is 0.346 e. The van der Waals surface area contributed by atoms with Gasteiger partial charge in [0.1, 0.15) is 10.7 Å². The molecule has 1 aliphatic rings. The van der Waals surface area contributed by atoms with Crippen LogP contribution in [0.5, 0.6) is 0 Å². The molecule has 28 heavy (non-hydrogen) atoms. The Balaban J connectivity index is 1.98. The molecule has 0 spiro atoms. The summed E-state index contributed by atoms with van der Waals surface area (Å²) in [6, 6.07) is 11.9. The number of halogens is 1. The highest BCUT2D eigenvalue weighted by Crippen LogP contribution is 2.50. The maximum Gasteiger partial charge on any atom is 0.346 e. The Bertz CT molecular complexity index is 1120. The van der Waals surface area contributed by atoms with Gasteiger partial charge in [-0.1, -0.05) is 35.9 Å². The van der Waals surface area contributed by atoms with Crippen LogP contribution in [0, 0.1) is 19.7 Å². The van der Waals surface area contributed by atoms with Crippen LogP contribution in [-0.4, -0.2) is 17.0 Å². The Labute approximate surface area is 165 Å². The molecule has 142 valence electrons. The number of aromatic carboxylic acids is 1. The zero-order chi connectivity index (χ0) is 20.0. The molecule has 0 aliphatic carbocycles. The topological polar surface area (TPSA) is 66.4 Å². The second kappa shape index (κ2) is 6.87. The van der Waals surface area contributed by atoms with E-state index in [0.717, 1.165) is 32.9 Å². The maximum atomic E-state index is 13.8. The van der Waals surface area contributed by atoms with Crippen LogP contribution < -0.4 is 5.32 Å². The van der Waals surface area contributed by atoms with Gasteiger partial charge in [0.05, 0.1) is 5.69 Å². The molecule has 0 radical (unpaired) electrons. The fraction of sp³-hybridized carbons (Fsp3) is 0.182. The molecule has 1 atom stereocenters. The summed E-state index contributed by atoms with van der Waals surface area (Å²) in [7, 11) is 0. The number of nitrogens with one attached hydrogen (secondary N) is 1. The van der Waals surface area contributed by atoms with Crippen LogP contribution in [0.25, 0.3) is 11.1 Å². The summed E-state index contributed by atoms with van der Waals surface area (Å²) in [5, 5.41) is 12.6. The highest BCUT2D eigenvalue weighted by Gasteiger charge is 2.35. The second-order valence-electron chi connectivity index (χ2n) is 7.03. The standard InChI is InChI=1S/C22H18FNO3S/c1-11-6-7-12(2)15(8-11)16-10-17(25)24-19-18(13-4-3-5-14(23)9-13)21(22(26)27)28-20(16)19/h3-9,16H,10H2,1-2H3,(H,24,25)(H,26,27)/t16-/m1/s1. The first-order valence-electron chi connectivity index (χ1n) is 8.88. The first-order valence-corrected chi connectivity index (χ1v) is 9.69. The maximum absolute atomic E-state index is 13.8. The summed E-state index contributed by atoms with van der Waals surface area (Å²) in [6.07, 6.45) is 0.249. The molecule has 0 saturated carbocycles. The molecule has 2 N–H and O–H groups in total. The molecular weight excluding hydrogens is 377 g/mol. The SMILES string of the molecule is Cc1ccc(C)c([C@H]2CC(=O)Nc3c2sc(C(=O)O)c3-c2cccc(F)c2)c1. The number of thiophene rings is 1. The fourth-order valence-electron chi connectivity index (χ4n) is 3.74. The highest BCUT2D eigenvalue weighted by molar-refractivity contribution is 7.15. The summed E-state index contributed by atoms with van der Waals surface area (Å²) in [4.78, 5) is 25.4. The van der Waals surface area contributed by atoms with Gasteiger partial charge in [-0.15, -0.1) is 11.3 Å². The lowest BCUT2D eigenvalue weighted by molar-refractivity contribution is -0.116. The highest BCUT2D eigenvalue weighted by atomic mass is 32.1. The van der Waals surface area contributed by atoms with E-state index in [-0.39, 0.29) is 23.1 Å². The van der Waals surface area contributed by atoms with Gasteiger partial charge in [-0.2, -0.15) is 0 Å². The summed E-state index contributed by atoms with van der Waals surface area (Å²) >= 11 is 1.15. The monoisotopic (exact) mass is 395 g/mol. The third-order valence-electron chi connectivity index (χ3n) is 5.02. The summed E-state index contributed by atoms with van der Waals surface area (Å²) in [5.41, 5.74) is 4.43. The van der Waals surface area contributed by atoms with E-state index in [0.29, 0.717) is 16.8 Å². The molecular formula is C22H18FNO3S. The van der Waals surface area contributed by atoms with Crippen molar-refractivity contribution in [2.45, 2.75) is 26.2 Å².